The first-order chi connectivity index (χ1) is 16.1. The quantitative estimate of drug-likeness (QED) is 0.553. The number of hydrogen-bond donors (Lipinski definition) is 1. The van der Waals surface area contributed by atoms with E-state index in [0.717, 1.165) is 5.56 Å². The number of ketones is 1. The van der Waals surface area contributed by atoms with Gasteiger partial charge in [-0.25, -0.2) is 4.79 Å². The van der Waals surface area contributed by atoms with Crippen molar-refractivity contribution in [1.29, 1.82) is 0 Å². The summed E-state index contributed by atoms with van der Waals surface area (Å²) in [6.07, 6.45) is 0.849. The zero-order chi connectivity index (χ0) is 24.6. The summed E-state index contributed by atoms with van der Waals surface area (Å²) in [6.45, 7) is 7.90. The number of nitrogens with two attached hydrogens (primary N) is 1. The van der Waals surface area contributed by atoms with Crippen molar-refractivity contribution in [3.8, 4) is 5.75 Å². The molecule has 2 heterocycles. The average Bonchev–Trinajstić information content (AvgIpc) is 3.21. The molecule has 0 radical (unpaired) electrons. The van der Waals surface area contributed by atoms with Crippen LogP contribution in [0.2, 0.25) is 5.02 Å². The average molecular weight is 486 g/mol. The minimum absolute atomic E-state index is 0.0708. The number of ether oxygens (including phenoxy) is 3. The number of allylic oxidation sites excluding steroid dienone is 2. The zero-order valence-electron chi connectivity index (χ0n) is 19.7. The fraction of sp³-hybridized carbons (Fsp3) is 0.385. The van der Waals surface area contributed by atoms with Gasteiger partial charge in [-0.05, 0) is 55.2 Å². The van der Waals surface area contributed by atoms with Crippen molar-refractivity contribution in [1.82, 2.24) is 0 Å². The van der Waals surface area contributed by atoms with E-state index >= 15 is 0 Å². The molecule has 0 spiro atoms. The summed E-state index contributed by atoms with van der Waals surface area (Å²) in [5.41, 5.74) is 7.27. The van der Waals surface area contributed by atoms with Crippen LogP contribution in [-0.4, -0.2) is 18.4 Å². The van der Waals surface area contributed by atoms with Gasteiger partial charge in [-0.2, -0.15) is 0 Å². The second-order valence-electron chi connectivity index (χ2n) is 9.32. The zero-order valence-corrected chi connectivity index (χ0v) is 20.5. The van der Waals surface area contributed by atoms with Gasteiger partial charge in [0.05, 0.1) is 12.5 Å². The van der Waals surface area contributed by atoms with E-state index in [1.54, 1.807) is 31.2 Å². The van der Waals surface area contributed by atoms with Crippen molar-refractivity contribution < 1.29 is 28.2 Å². The molecular weight excluding hydrogens is 458 g/mol. The standard InChI is InChI=1S/C26H28ClNO6/c1-5-31-25(30)23-22(21-18(29)11-26(3,4)12-20(21)34-24(23)28)19-9-7-16(33-19)13-32-15-6-8-17(27)14(2)10-15/h6-10,22H,5,11-13,28H2,1-4H3/t22-/m0/s1. The van der Waals surface area contributed by atoms with Crippen LogP contribution in [0.1, 0.15) is 56.6 Å². The highest BCUT2D eigenvalue weighted by molar-refractivity contribution is 6.31. The van der Waals surface area contributed by atoms with Crippen LogP contribution in [0.4, 0.5) is 0 Å². The first-order valence-corrected chi connectivity index (χ1v) is 11.6. The Morgan fingerprint density at radius 1 is 1.24 bits per heavy atom. The molecule has 34 heavy (non-hydrogen) atoms. The minimum atomic E-state index is -0.807. The first kappa shape index (κ1) is 24.0. The smallest absolute Gasteiger partial charge is 0.340 e. The van der Waals surface area contributed by atoms with Gasteiger partial charge < -0.3 is 24.4 Å². The van der Waals surface area contributed by atoms with Crippen molar-refractivity contribution in [3.05, 3.63) is 75.2 Å². The molecule has 0 saturated carbocycles. The van der Waals surface area contributed by atoms with Gasteiger partial charge in [0.25, 0.3) is 0 Å². The lowest BCUT2D eigenvalue weighted by Crippen LogP contribution is -2.35. The highest BCUT2D eigenvalue weighted by Gasteiger charge is 2.46. The molecule has 0 fully saturated rings. The number of furan rings is 1. The summed E-state index contributed by atoms with van der Waals surface area (Å²) in [4.78, 5) is 26.0. The topological polar surface area (TPSA) is 101 Å². The normalized spacial score (nSPS) is 19.6. The Morgan fingerprint density at radius 2 is 2.00 bits per heavy atom. The molecule has 1 aromatic heterocycles. The Hall–Kier alpha value is -3.19. The molecule has 8 heteroatoms. The van der Waals surface area contributed by atoms with Gasteiger partial charge in [0.15, 0.2) is 5.78 Å². The fourth-order valence-corrected chi connectivity index (χ4v) is 4.48. The van der Waals surface area contributed by atoms with Crippen molar-refractivity contribution >= 4 is 23.4 Å². The Morgan fingerprint density at radius 3 is 2.71 bits per heavy atom. The minimum Gasteiger partial charge on any atom is -0.486 e. The number of carbonyl (C=O) groups excluding carboxylic acids is 2. The Bertz CT molecular complexity index is 1210. The largest absolute Gasteiger partial charge is 0.486 e. The van der Waals surface area contributed by atoms with E-state index in [1.807, 2.05) is 26.8 Å². The van der Waals surface area contributed by atoms with Crippen LogP contribution in [0.3, 0.4) is 0 Å². The molecule has 4 rings (SSSR count). The summed E-state index contributed by atoms with van der Waals surface area (Å²) < 4.78 is 22.9. The number of Topliss-reactive ketones (excluding diaryl/α,β-unsaturated/α-hetero) is 1. The molecule has 1 atom stereocenters. The summed E-state index contributed by atoms with van der Waals surface area (Å²) in [5.74, 6) is 0.440. The van der Waals surface area contributed by atoms with Gasteiger partial charge in [0.2, 0.25) is 5.88 Å². The Labute approximate surface area is 203 Å². The predicted octanol–water partition coefficient (Wildman–Crippen LogP) is 5.31. The number of hydrogen-bond acceptors (Lipinski definition) is 7. The van der Waals surface area contributed by atoms with E-state index in [1.165, 1.54) is 0 Å². The Kier molecular flexibility index (Phi) is 6.49. The number of rotatable bonds is 6. The lowest BCUT2D eigenvalue weighted by atomic mass is 9.71. The van der Waals surface area contributed by atoms with Crippen LogP contribution < -0.4 is 10.5 Å². The molecule has 0 amide bonds. The molecular formula is C26H28ClNO6. The molecule has 180 valence electrons. The number of aryl methyl sites for hydroxylation is 1. The summed E-state index contributed by atoms with van der Waals surface area (Å²) >= 11 is 6.08. The van der Waals surface area contributed by atoms with Gasteiger partial charge in [-0.3, -0.25) is 4.79 Å². The summed E-state index contributed by atoms with van der Waals surface area (Å²) in [6, 6.07) is 8.87. The maximum atomic E-state index is 13.2. The van der Waals surface area contributed by atoms with Crippen LogP contribution in [0, 0.1) is 12.3 Å². The third kappa shape index (κ3) is 4.71. The van der Waals surface area contributed by atoms with Crippen LogP contribution in [0.15, 0.2) is 57.5 Å². The highest BCUT2D eigenvalue weighted by Crippen LogP contribution is 2.48. The molecule has 1 aromatic carbocycles. The van der Waals surface area contributed by atoms with Gasteiger partial charge in [-0.1, -0.05) is 25.4 Å². The van der Waals surface area contributed by atoms with Crippen LogP contribution >= 0.6 is 11.6 Å². The second-order valence-corrected chi connectivity index (χ2v) is 9.72. The van der Waals surface area contributed by atoms with E-state index in [4.69, 9.17) is 36.0 Å². The Balaban J connectivity index is 1.67. The van der Waals surface area contributed by atoms with Crippen LogP contribution in [0.5, 0.6) is 5.75 Å². The maximum absolute atomic E-state index is 13.2. The maximum Gasteiger partial charge on any atom is 0.340 e. The number of carbonyl (C=O) groups is 2. The van der Waals surface area contributed by atoms with Gasteiger partial charge in [-0.15, -0.1) is 0 Å². The third-order valence-corrected chi connectivity index (χ3v) is 6.35. The molecule has 0 unspecified atom stereocenters. The van der Waals surface area contributed by atoms with E-state index in [9.17, 15) is 9.59 Å². The van der Waals surface area contributed by atoms with Gasteiger partial charge >= 0.3 is 5.97 Å². The monoisotopic (exact) mass is 485 g/mol. The molecule has 2 N–H and O–H groups in total. The van der Waals surface area contributed by atoms with Crippen molar-refractivity contribution in [3.63, 3.8) is 0 Å². The van der Waals surface area contributed by atoms with Crippen LogP contribution in [-0.2, 0) is 25.7 Å². The molecule has 0 bridgehead atoms. The molecule has 7 nitrogen and oxygen atoms in total. The second kappa shape index (κ2) is 9.22. The predicted molar refractivity (Wildman–Crippen MR) is 126 cm³/mol. The summed E-state index contributed by atoms with van der Waals surface area (Å²) in [5, 5.41) is 0.660. The van der Waals surface area contributed by atoms with E-state index in [-0.39, 0.29) is 35.9 Å². The van der Waals surface area contributed by atoms with Gasteiger partial charge in [0, 0.05) is 23.4 Å². The highest BCUT2D eigenvalue weighted by atomic mass is 35.5. The molecule has 2 aliphatic rings. The third-order valence-electron chi connectivity index (χ3n) is 5.93. The van der Waals surface area contributed by atoms with Crippen LogP contribution in [0.25, 0.3) is 0 Å². The lowest BCUT2D eigenvalue weighted by molar-refractivity contribution is -0.139. The summed E-state index contributed by atoms with van der Waals surface area (Å²) in [7, 11) is 0. The molecule has 0 saturated heterocycles. The number of benzene rings is 1. The number of halogens is 1. The van der Waals surface area contributed by atoms with E-state index in [2.05, 4.69) is 0 Å². The van der Waals surface area contributed by atoms with Gasteiger partial charge in [0.1, 0.15) is 35.2 Å². The van der Waals surface area contributed by atoms with Crippen molar-refractivity contribution in [2.75, 3.05) is 6.61 Å². The van der Waals surface area contributed by atoms with Crippen molar-refractivity contribution in [2.24, 2.45) is 11.1 Å². The molecule has 1 aliphatic heterocycles. The SMILES string of the molecule is CCOC(=O)C1=C(N)OC2=C(C(=O)CC(C)(C)C2)[C@@H]1c1ccc(COc2ccc(Cl)c(C)c2)o1. The van der Waals surface area contributed by atoms with E-state index in [0.29, 0.717) is 46.5 Å². The van der Waals surface area contributed by atoms with Crippen molar-refractivity contribution in [2.45, 2.75) is 53.1 Å². The fourth-order valence-electron chi connectivity index (χ4n) is 4.37. The first-order valence-electron chi connectivity index (χ1n) is 11.2. The number of esters is 1. The molecule has 1 aliphatic carbocycles. The van der Waals surface area contributed by atoms with E-state index < -0.39 is 11.9 Å². The lowest BCUT2D eigenvalue weighted by Gasteiger charge is -2.37. The molecule has 2 aromatic rings.